The van der Waals surface area contributed by atoms with Crippen LogP contribution in [0.2, 0.25) is 19.6 Å². The van der Waals surface area contributed by atoms with Crippen LogP contribution in [0.15, 0.2) is 146 Å². The van der Waals surface area contributed by atoms with Gasteiger partial charge >= 0.3 is 0 Å². The number of rotatable bonds is 8. The van der Waals surface area contributed by atoms with Gasteiger partial charge in [0.25, 0.3) is 0 Å². The van der Waals surface area contributed by atoms with Gasteiger partial charge in [0, 0.05) is 40.3 Å². The zero-order valence-corrected chi connectivity index (χ0v) is 36.8. The molecule has 0 spiro atoms. The van der Waals surface area contributed by atoms with E-state index in [0.29, 0.717) is 0 Å². The minimum Gasteiger partial charge on any atom is -0.360 e. The summed E-state index contributed by atoms with van der Waals surface area (Å²) in [5.41, 5.74) is 8.93. The minimum atomic E-state index is -1.67. The van der Waals surface area contributed by atoms with Gasteiger partial charge < -0.3 is 9.55 Å². The maximum Gasteiger partial charge on any atom is 0.123 e. The van der Waals surface area contributed by atoms with Gasteiger partial charge in [0.1, 0.15) is 5.82 Å². The van der Waals surface area contributed by atoms with Gasteiger partial charge in [-0.15, -0.1) is 54.1 Å². The van der Waals surface area contributed by atoms with Crippen LogP contribution in [-0.4, -0.2) is 22.6 Å². The molecule has 287 valence electrons. The van der Waals surface area contributed by atoms with E-state index in [1.165, 1.54) is 33.2 Å². The predicted octanol–water partition coefficient (Wildman–Crippen LogP) is 13.0. The Kier molecular flexibility index (Phi) is 11.3. The number of halogens is 1. The summed E-state index contributed by atoms with van der Waals surface area (Å²) >= 11 is 1.76. The molecule has 3 aromatic heterocycles. The second kappa shape index (κ2) is 17.2. The van der Waals surface area contributed by atoms with E-state index in [0.717, 1.165) is 66.8 Å². The van der Waals surface area contributed by atoms with Crippen LogP contribution in [0.25, 0.3) is 65.0 Å². The first kappa shape index (κ1) is 37.5. The summed E-state index contributed by atoms with van der Waals surface area (Å²) in [5, 5.41) is 3.48. The molecule has 57 heavy (non-hydrogen) atoms. The topological polar surface area (TPSA) is 30.7 Å². The van der Waals surface area contributed by atoms with Crippen molar-refractivity contribution in [3.63, 3.8) is 0 Å². The van der Waals surface area contributed by atoms with Crippen molar-refractivity contribution in [2.45, 2.75) is 46.4 Å². The fourth-order valence-electron chi connectivity index (χ4n) is 7.16. The smallest absolute Gasteiger partial charge is 0.123 e. The molecule has 0 saturated carbocycles. The summed E-state index contributed by atoms with van der Waals surface area (Å²) in [6, 6.07) is 52.3. The van der Waals surface area contributed by atoms with Gasteiger partial charge in [-0.25, -0.2) is 4.39 Å². The zero-order valence-electron chi connectivity index (χ0n) is 34.6. The number of para-hydroxylation sites is 2. The van der Waals surface area contributed by atoms with Crippen molar-refractivity contribution in [2.75, 3.05) is 0 Å². The standard InChI is InChI=1S/C32H20FN2S.C18H24NSi.Ir/c33-23-18-16-22(17-19-23)24-10-6-11-25-26-12-7-13-27(31(26)36-30(24)25)32-34-28-14-4-5-15-29(28)35(32)20-21-8-2-1-3-9-21;1-14(2)11-16-12-17(15-9-7-6-8-10-15)19-13-18(16)20(3,4)5;/h1-12,14-19H,20H2;6-9,12-14H,11H2,1-5H3;/q2*-1;/i;11D2;. The third kappa shape index (κ3) is 8.63. The van der Waals surface area contributed by atoms with Crippen LogP contribution in [0.5, 0.6) is 0 Å². The van der Waals surface area contributed by atoms with E-state index >= 15 is 0 Å². The van der Waals surface area contributed by atoms with Crippen LogP contribution < -0.4 is 5.19 Å². The number of hydrogen-bond acceptors (Lipinski definition) is 3. The van der Waals surface area contributed by atoms with Crippen molar-refractivity contribution in [3.8, 4) is 33.8 Å². The van der Waals surface area contributed by atoms with Crippen molar-refractivity contribution >= 4 is 55.8 Å². The van der Waals surface area contributed by atoms with Gasteiger partial charge in [-0.05, 0) is 74.2 Å². The average Bonchev–Trinajstić information content (AvgIpc) is 3.80. The second-order valence-corrected chi connectivity index (χ2v) is 21.4. The number of nitrogens with zero attached hydrogens (tertiary/aromatic N) is 3. The normalized spacial score (nSPS) is 12.3. The molecule has 0 aliphatic rings. The summed E-state index contributed by atoms with van der Waals surface area (Å²) in [6.07, 6.45) is 0.528. The molecule has 0 atom stereocenters. The SMILES string of the molecule is Fc1ccc(-c2cccc3c2sc2c(-c4nc5ccccc5n4Cc4ccccc4)[c-]ccc23)cc1.[2H]C([2H])(c1cc(-c2[c-]cccc2)ncc1[Si](C)(C)C)C(C)C.[Ir]. The maximum atomic E-state index is 13.6. The van der Waals surface area contributed by atoms with Crippen LogP contribution in [0, 0.1) is 23.9 Å². The molecule has 0 aliphatic heterocycles. The number of aromatic nitrogens is 3. The Morgan fingerprint density at radius 1 is 0.789 bits per heavy atom. The third-order valence-corrected chi connectivity index (χ3v) is 13.1. The number of fused-ring (bicyclic) bond motifs is 4. The van der Waals surface area contributed by atoms with Crippen molar-refractivity contribution in [2.24, 2.45) is 5.92 Å². The van der Waals surface area contributed by atoms with Crippen LogP contribution in [0.1, 0.15) is 27.7 Å². The van der Waals surface area contributed by atoms with Crippen molar-refractivity contribution in [1.82, 2.24) is 14.5 Å². The molecule has 0 bridgehead atoms. The van der Waals surface area contributed by atoms with E-state index < -0.39 is 14.4 Å². The summed E-state index contributed by atoms with van der Waals surface area (Å²) in [6.45, 7) is 11.3. The molecule has 3 heterocycles. The summed E-state index contributed by atoms with van der Waals surface area (Å²) in [7, 11) is -1.67. The van der Waals surface area contributed by atoms with Crippen LogP contribution in [0.3, 0.4) is 0 Å². The van der Waals surface area contributed by atoms with E-state index in [-0.39, 0.29) is 31.8 Å². The van der Waals surface area contributed by atoms with E-state index in [2.05, 4.69) is 108 Å². The molecule has 0 saturated heterocycles. The van der Waals surface area contributed by atoms with Gasteiger partial charge in [0.15, 0.2) is 0 Å². The Morgan fingerprint density at radius 3 is 2.26 bits per heavy atom. The molecule has 3 nitrogen and oxygen atoms in total. The van der Waals surface area contributed by atoms with Gasteiger partial charge in [0.05, 0.1) is 24.9 Å². The minimum absolute atomic E-state index is 0. The molecule has 0 aliphatic carbocycles. The Bertz CT molecular complexity index is 2870. The maximum absolute atomic E-state index is 13.6. The molecule has 0 amide bonds. The van der Waals surface area contributed by atoms with E-state index in [9.17, 15) is 4.39 Å². The van der Waals surface area contributed by atoms with Crippen molar-refractivity contribution in [3.05, 3.63) is 175 Å². The number of imidazole rings is 1. The molecular weight excluding hydrogens is 914 g/mol. The molecule has 7 heteroatoms. The molecular formula is C50H44FIrN3SSi-2. The summed E-state index contributed by atoms with van der Waals surface area (Å²) < 4.78 is 35.3. The fraction of sp³-hybridized carbons (Fsp3) is 0.160. The van der Waals surface area contributed by atoms with E-state index in [1.54, 1.807) is 11.3 Å². The number of thiophene rings is 1. The van der Waals surface area contributed by atoms with Gasteiger partial charge in [-0.1, -0.05) is 129 Å². The zero-order chi connectivity index (χ0) is 40.6. The second-order valence-electron chi connectivity index (χ2n) is 15.3. The van der Waals surface area contributed by atoms with Gasteiger partial charge in [0.2, 0.25) is 0 Å². The number of pyridine rings is 1. The molecule has 9 aromatic rings. The Balaban J connectivity index is 0.000000199. The van der Waals surface area contributed by atoms with Crippen LogP contribution in [-0.2, 0) is 33.0 Å². The first-order valence-corrected chi connectivity index (χ1v) is 23.3. The van der Waals surface area contributed by atoms with Gasteiger partial charge in [-0.2, -0.15) is 11.3 Å². The van der Waals surface area contributed by atoms with Crippen molar-refractivity contribution < 1.29 is 27.2 Å². The van der Waals surface area contributed by atoms with Crippen molar-refractivity contribution in [1.29, 1.82) is 0 Å². The first-order valence-electron chi connectivity index (χ1n) is 20.0. The third-order valence-electron chi connectivity index (χ3n) is 9.82. The summed E-state index contributed by atoms with van der Waals surface area (Å²) in [4.78, 5) is 9.67. The first-order chi connectivity index (χ1) is 27.9. The van der Waals surface area contributed by atoms with Crippen LogP contribution in [0.4, 0.5) is 4.39 Å². The number of hydrogen-bond donors (Lipinski definition) is 0. The predicted molar refractivity (Wildman–Crippen MR) is 238 cm³/mol. The summed E-state index contributed by atoms with van der Waals surface area (Å²) in [5.74, 6) is 0.606. The largest absolute Gasteiger partial charge is 0.360 e. The van der Waals surface area contributed by atoms with Crippen LogP contribution >= 0.6 is 11.3 Å². The molecule has 1 radical (unpaired) electrons. The molecule has 0 fully saturated rings. The van der Waals surface area contributed by atoms with E-state index in [1.807, 2.05) is 80.7 Å². The molecule has 0 N–H and O–H groups in total. The Morgan fingerprint density at radius 2 is 1.53 bits per heavy atom. The Labute approximate surface area is 356 Å². The van der Waals surface area contributed by atoms with Gasteiger partial charge in [-0.3, -0.25) is 4.98 Å². The monoisotopic (exact) mass is 960 g/mol. The molecule has 0 unspecified atom stereocenters. The fourth-order valence-corrected chi connectivity index (χ4v) is 9.89. The molecule has 6 aromatic carbocycles. The number of benzene rings is 6. The quantitative estimate of drug-likeness (QED) is 0.112. The van der Waals surface area contributed by atoms with E-state index in [4.69, 9.17) is 7.73 Å². The molecule has 9 rings (SSSR count). The Hall–Kier alpha value is -5.04. The average molecular weight is 960 g/mol.